The van der Waals surface area contributed by atoms with E-state index in [2.05, 4.69) is 19.1 Å². The Balaban J connectivity index is 1.34. The van der Waals surface area contributed by atoms with Gasteiger partial charge in [0.1, 0.15) is 0 Å². The van der Waals surface area contributed by atoms with E-state index in [1.165, 1.54) is 11.8 Å². The normalized spacial score (nSPS) is 18.2. The number of esters is 1. The van der Waals surface area contributed by atoms with Crippen molar-refractivity contribution in [1.29, 1.82) is 0 Å². The van der Waals surface area contributed by atoms with Crippen LogP contribution in [0, 0.1) is 12.8 Å². The molecule has 0 N–H and O–H groups in total. The number of rotatable bonds is 6. The minimum atomic E-state index is -0.272. The molecule has 7 heteroatoms. The molecule has 0 saturated carbocycles. The summed E-state index contributed by atoms with van der Waals surface area (Å²) in [6.45, 7) is 5.68. The molecule has 0 aliphatic carbocycles. The standard InChI is InChI=1S/C32H32N2O4S/c1-3-38-32(37)26-10-7-17-33(21-26)30(35)25-15-13-23(14-16-25)19-29-31(36)34(20-24-9-6-8-22(2)18-24)27-11-4-5-12-28(27)39-29/h4-6,8-9,11-16,18-19,26H,3,7,10,17,20-21H2,1-2H3/b29-19+/t26-/m0/s1. The molecule has 1 saturated heterocycles. The number of hydrogen-bond donors (Lipinski definition) is 0. The number of amides is 2. The number of hydrogen-bond acceptors (Lipinski definition) is 5. The Kier molecular flexibility index (Phi) is 8.17. The first kappa shape index (κ1) is 26.8. The third-order valence-corrected chi connectivity index (χ3v) is 8.12. The van der Waals surface area contributed by atoms with Gasteiger partial charge < -0.3 is 14.5 Å². The summed E-state index contributed by atoms with van der Waals surface area (Å²) in [5, 5.41) is 0. The van der Waals surface area contributed by atoms with Gasteiger partial charge in [0.2, 0.25) is 0 Å². The summed E-state index contributed by atoms with van der Waals surface area (Å²) in [4.78, 5) is 44.2. The first-order chi connectivity index (χ1) is 18.9. The fraction of sp³-hybridized carbons (Fsp3) is 0.281. The summed E-state index contributed by atoms with van der Waals surface area (Å²) >= 11 is 1.47. The minimum Gasteiger partial charge on any atom is -0.466 e. The van der Waals surface area contributed by atoms with Crippen molar-refractivity contribution in [2.75, 3.05) is 24.6 Å². The summed E-state index contributed by atoms with van der Waals surface area (Å²) in [5.41, 5.74) is 4.56. The van der Waals surface area contributed by atoms with Gasteiger partial charge >= 0.3 is 5.97 Å². The molecule has 2 amide bonds. The molecule has 6 nitrogen and oxygen atoms in total. The number of carbonyl (C=O) groups excluding carboxylic acids is 3. The highest BCUT2D eigenvalue weighted by Gasteiger charge is 2.31. The lowest BCUT2D eigenvalue weighted by Gasteiger charge is -2.31. The second-order valence-corrected chi connectivity index (χ2v) is 11.0. The van der Waals surface area contributed by atoms with Crippen molar-refractivity contribution in [2.45, 2.75) is 38.1 Å². The maximum Gasteiger partial charge on any atom is 0.310 e. The minimum absolute atomic E-state index is 0.0429. The van der Waals surface area contributed by atoms with Crippen LogP contribution < -0.4 is 4.90 Å². The third-order valence-electron chi connectivity index (χ3n) is 7.04. The van der Waals surface area contributed by atoms with Crippen LogP contribution in [0.5, 0.6) is 0 Å². The van der Waals surface area contributed by atoms with E-state index >= 15 is 0 Å². The highest BCUT2D eigenvalue weighted by atomic mass is 32.2. The monoisotopic (exact) mass is 540 g/mol. The van der Waals surface area contributed by atoms with Gasteiger partial charge in [-0.2, -0.15) is 0 Å². The second-order valence-electron chi connectivity index (χ2n) is 9.92. The number of carbonyl (C=O) groups is 3. The number of benzene rings is 3. The molecule has 5 rings (SSSR count). The summed E-state index contributed by atoms with van der Waals surface area (Å²) < 4.78 is 5.16. The molecule has 3 aromatic rings. The fourth-order valence-electron chi connectivity index (χ4n) is 5.08. The Morgan fingerprint density at radius 2 is 1.85 bits per heavy atom. The maximum atomic E-state index is 13.6. The molecule has 0 spiro atoms. The fourth-order valence-corrected chi connectivity index (χ4v) is 6.14. The smallest absolute Gasteiger partial charge is 0.310 e. The molecule has 1 atom stereocenters. The van der Waals surface area contributed by atoms with Gasteiger partial charge in [0.05, 0.1) is 29.7 Å². The Labute approximate surface area is 233 Å². The van der Waals surface area contributed by atoms with Crippen LogP contribution in [0.3, 0.4) is 0 Å². The lowest BCUT2D eigenvalue weighted by molar-refractivity contribution is -0.149. The first-order valence-corrected chi connectivity index (χ1v) is 14.2. The summed E-state index contributed by atoms with van der Waals surface area (Å²) in [6.07, 6.45) is 3.40. The van der Waals surface area contributed by atoms with Crippen molar-refractivity contribution in [3.05, 3.63) is 100.0 Å². The molecule has 0 aromatic heterocycles. The zero-order valence-corrected chi connectivity index (χ0v) is 23.1. The molecular formula is C32H32N2O4S. The van der Waals surface area contributed by atoms with Crippen molar-refractivity contribution in [3.8, 4) is 0 Å². The van der Waals surface area contributed by atoms with E-state index in [1.54, 1.807) is 24.0 Å². The number of fused-ring (bicyclic) bond motifs is 1. The molecule has 2 heterocycles. The number of nitrogens with zero attached hydrogens (tertiary/aromatic N) is 2. The van der Waals surface area contributed by atoms with Gasteiger partial charge in [-0.3, -0.25) is 14.4 Å². The van der Waals surface area contributed by atoms with Crippen molar-refractivity contribution in [2.24, 2.45) is 5.92 Å². The molecule has 0 unspecified atom stereocenters. The number of aryl methyl sites for hydroxylation is 1. The van der Waals surface area contributed by atoms with Gasteiger partial charge in [0.15, 0.2) is 0 Å². The number of thioether (sulfide) groups is 1. The van der Waals surface area contributed by atoms with Crippen LogP contribution in [-0.4, -0.2) is 42.4 Å². The predicted molar refractivity (Wildman–Crippen MR) is 154 cm³/mol. The molecule has 2 aliphatic heterocycles. The van der Waals surface area contributed by atoms with E-state index in [0.717, 1.165) is 40.1 Å². The lowest BCUT2D eigenvalue weighted by atomic mass is 9.97. The average molecular weight is 541 g/mol. The Morgan fingerprint density at radius 3 is 2.62 bits per heavy atom. The van der Waals surface area contributed by atoms with Gasteiger partial charge in [-0.05, 0) is 68.2 Å². The highest BCUT2D eigenvalue weighted by molar-refractivity contribution is 8.04. The van der Waals surface area contributed by atoms with Gasteiger partial charge in [0, 0.05) is 23.5 Å². The van der Waals surface area contributed by atoms with Crippen molar-refractivity contribution >= 4 is 41.3 Å². The highest BCUT2D eigenvalue weighted by Crippen LogP contribution is 2.42. The zero-order chi connectivity index (χ0) is 27.4. The van der Waals surface area contributed by atoms with Gasteiger partial charge in [-0.1, -0.05) is 65.9 Å². The van der Waals surface area contributed by atoms with Crippen molar-refractivity contribution in [3.63, 3.8) is 0 Å². The van der Waals surface area contributed by atoms with Crippen LogP contribution in [0.1, 0.15) is 46.8 Å². The van der Waals surface area contributed by atoms with Gasteiger partial charge in [0.25, 0.3) is 11.8 Å². The van der Waals surface area contributed by atoms with Crippen LogP contribution in [-0.2, 0) is 20.9 Å². The van der Waals surface area contributed by atoms with Crippen molar-refractivity contribution in [1.82, 2.24) is 4.90 Å². The van der Waals surface area contributed by atoms with Crippen LogP contribution in [0.15, 0.2) is 82.6 Å². The first-order valence-electron chi connectivity index (χ1n) is 13.3. The number of likely N-dealkylation sites (tertiary alicyclic amines) is 1. The van der Waals surface area contributed by atoms with E-state index in [0.29, 0.717) is 36.7 Å². The number of anilines is 1. The van der Waals surface area contributed by atoms with E-state index < -0.39 is 0 Å². The van der Waals surface area contributed by atoms with E-state index in [9.17, 15) is 14.4 Å². The Morgan fingerprint density at radius 1 is 1.05 bits per heavy atom. The molecular weight excluding hydrogens is 508 g/mol. The lowest BCUT2D eigenvalue weighted by Crippen LogP contribution is -2.42. The zero-order valence-electron chi connectivity index (χ0n) is 22.3. The largest absolute Gasteiger partial charge is 0.466 e. The van der Waals surface area contributed by atoms with Crippen LogP contribution in [0.4, 0.5) is 5.69 Å². The molecule has 1 fully saturated rings. The molecule has 39 heavy (non-hydrogen) atoms. The molecule has 3 aromatic carbocycles. The van der Waals surface area contributed by atoms with Crippen LogP contribution in [0.2, 0.25) is 0 Å². The summed E-state index contributed by atoms with van der Waals surface area (Å²) in [5.74, 6) is -0.639. The number of ether oxygens (including phenoxy) is 1. The Hall–Kier alpha value is -3.84. The van der Waals surface area contributed by atoms with Crippen LogP contribution >= 0.6 is 11.8 Å². The van der Waals surface area contributed by atoms with Crippen molar-refractivity contribution < 1.29 is 19.1 Å². The maximum absolute atomic E-state index is 13.6. The summed E-state index contributed by atoms with van der Waals surface area (Å²) in [7, 11) is 0. The molecule has 200 valence electrons. The van der Waals surface area contributed by atoms with Gasteiger partial charge in [-0.15, -0.1) is 0 Å². The van der Waals surface area contributed by atoms with E-state index in [4.69, 9.17) is 4.74 Å². The number of piperidine rings is 1. The number of para-hydroxylation sites is 1. The third kappa shape index (κ3) is 6.09. The molecule has 0 radical (unpaired) electrons. The summed E-state index contributed by atoms with van der Waals surface area (Å²) in [6, 6.07) is 23.5. The molecule has 2 aliphatic rings. The molecule has 0 bridgehead atoms. The van der Waals surface area contributed by atoms with E-state index in [1.807, 2.05) is 59.5 Å². The van der Waals surface area contributed by atoms with Crippen LogP contribution in [0.25, 0.3) is 6.08 Å². The van der Waals surface area contributed by atoms with Gasteiger partial charge in [-0.25, -0.2) is 0 Å². The topological polar surface area (TPSA) is 66.9 Å². The average Bonchev–Trinajstić information content (AvgIpc) is 2.95. The SMILES string of the molecule is CCOC(=O)[C@H]1CCCN(C(=O)c2ccc(/C=C3/Sc4ccccc4N(Cc4cccc(C)c4)C3=O)cc2)C1. The Bertz CT molecular complexity index is 1420. The predicted octanol–water partition coefficient (Wildman–Crippen LogP) is 6.09. The second kappa shape index (κ2) is 11.9. The van der Waals surface area contributed by atoms with E-state index in [-0.39, 0.29) is 23.7 Å². The quantitative estimate of drug-likeness (QED) is 0.280.